The molecule has 0 unspecified atom stereocenters. The molecule has 2 heterocycles. The fourth-order valence-electron chi connectivity index (χ4n) is 1.64. The lowest BCUT2D eigenvalue weighted by Crippen LogP contribution is -2.39. The van der Waals surface area contributed by atoms with E-state index in [-0.39, 0.29) is 11.2 Å². The fourth-order valence-corrected chi connectivity index (χ4v) is 1.64. The minimum Gasteiger partial charge on any atom is -0.339 e. The Kier molecular flexibility index (Phi) is 2.61. The zero-order valence-corrected chi connectivity index (χ0v) is 8.93. The number of hydrogen-bond donors (Lipinski definition) is 2. The van der Waals surface area contributed by atoms with Gasteiger partial charge in [-0.15, -0.1) is 0 Å². The molecule has 7 nitrogen and oxygen atoms in total. The molecule has 2 aromatic rings. The van der Waals surface area contributed by atoms with Crippen LogP contribution in [0.25, 0.3) is 11.2 Å². The maximum Gasteiger partial charge on any atom is 0.332 e. The predicted octanol–water partition coefficient (Wildman–Crippen LogP) is -1.23. The van der Waals surface area contributed by atoms with Crippen LogP contribution in [0.2, 0.25) is 0 Å². The highest BCUT2D eigenvalue weighted by Crippen LogP contribution is 1.98. The molecule has 0 amide bonds. The number of nitrogens with zero attached hydrogens (tertiary/aromatic N) is 3. The van der Waals surface area contributed by atoms with E-state index < -0.39 is 0 Å². The van der Waals surface area contributed by atoms with Crippen molar-refractivity contribution in [2.75, 3.05) is 6.54 Å². The molecule has 0 fully saturated rings. The van der Waals surface area contributed by atoms with Gasteiger partial charge in [0.15, 0.2) is 5.65 Å². The summed E-state index contributed by atoms with van der Waals surface area (Å²) in [6.45, 7) is 0.771. The topological polar surface area (TPSA) is 98.7 Å². The van der Waals surface area contributed by atoms with E-state index in [0.717, 1.165) is 0 Å². The van der Waals surface area contributed by atoms with E-state index in [1.807, 2.05) is 0 Å². The van der Waals surface area contributed by atoms with Gasteiger partial charge in [0.25, 0.3) is 5.56 Å². The van der Waals surface area contributed by atoms with E-state index in [1.54, 1.807) is 7.05 Å². The first kappa shape index (κ1) is 10.6. The number of imidazole rings is 1. The van der Waals surface area contributed by atoms with Crippen molar-refractivity contribution in [1.82, 2.24) is 19.1 Å². The third kappa shape index (κ3) is 1.45. The lowest BCUT2D eigenvalue weighted by atomic mass is 10.4. The van der Waals surface area contributed by atoms with E-state index in [4.69, 9.17) is 5.73 Å². The van der Waals surface area contributed by atoms with Crippen molar-refractivity contribution < 1.29 is 0 Å². The Bertz CT molecular complexity index is 621. The zero-order chi connectivity index (χ0) is 11.7. The number of fused-ring (bicyclic) bond motifs is 1. The number of nitrogens with two attached hydrogens (primary N) is 1. The van der Waals surface area contributed by atoms with Crippen molar-refractivity contribution in [1.29, 1.82) is 0 Å². The standard InChI is InChI=1S/C9H13N5O2/c1-13-7-6(11-5-12-7)8(15)14(9(13)16)4-2-3-10/h5H,2-4,10H2,1H3,(H,11,12). The molecule has 0 atom stereocenters. The monoisotopic (exact) mass is 223 g/mol. The van der Waals surface area contributed by atoms with E-state index in [9.17, 15) is 9.59 Å². The van der Waals surface area contributed by atoms with Crippen LogP contribution < -0.4 is 17.0 Å². The second kappa shape index (κ2) is 3.93. The first-order chi connectivity index (χ1) is 7.66. The van der Waals surface area contributed by atoms with Crippen LogP contribution in [0.15, 0.2) is 15.9 Å². The van der Waals surface area contributed by atoms with Gasteiger partial charge in [-0.25, -0.2) is 9.78 Å². The Balaban J connectivity index is 2.73. The second-order valence-electron chi connectivity index (χ2n) is 3.54. The lowest BCUT2D eigenvalue weighted by molar-refractivity contribution is 0.578. The van der Waals surface area contributed by atoms with Crippen LogP contribution in [0.3, 0.4) is 0 Å². The van der Waals surface area contributed by atoms with Crippen LogP contribution in [0.4, 0.5) is 0 Å². The van der Waals surface area contributed by atoms with Crippen LogP contribution in [0.1, 0.15) is 6.42 Å². The average molecular weight is 223 g/mol. The van der Waals surface area contributed by atoms with Gasteiger partial charge in [0.05, 0.1) is 6.33 Å². The Morgan fingerprint density at radius 3 is 2.94 bits per heavy atom. The highest BCUT2D eigenvalue weighted by Gasteiger charge is 2.11. The third-order valence-corrected chi connectivity index (χ3v) is 2.50. The van der Waals surface area contributed by atoms with Crippen LogP contribution in [0, 0.1) is 0 Å². The molecule has 0 aliphatic carbocycles. The van der Waals surface area contributed by atoms with Crippen molar-refractivity contribution in [2.24, 2.45) is 12.8 Å². The van der Waals surface area contributed by atoms with Crippen LogP contribution in [0.5, 0.6) is 0 Å². The van der Waals surface area contributed by atoms with Crippen LogP contribution >= 0.6 is 0 Å². The summed E-state index contributed by atoms with van der Waals surface area (Å²) in [4.78, 5) is 30.4. The summed E-state index contributed by atoms with van der Waals surface area (Å²) in [6.07, 6.45) is 1.99. The van der Waals surface area contributed by atoms with E-state index >= 15 is 0 Å². The largest absolute Gasteiger partial charge is 0.339 e. The van der Waals surface area contributed by atoms with Gasteiger partial charge < -0.3 is 10.7 Å². The van der Waals surface area contributed by atoms with Crippen LogP contribution in [-0.2, 0) is 13.6 Å². The van der Waals surface area contributed by atoms with E-state index in [0.29, 0.717) is 30.7 Å². The second-order valence-corrected chi connectivity index (χ2v) is 3.54. The number of aromatic nitrogens is 4. The number of H-pyrrole nitrogens is 1. The van der Waals surface area contributed by atoms with Gasteiger partial charge in [0, 0.05) is 13.6 Å². The SMILES string of the molecule is Cn1c(=O)n(CCCN)c(=O)c2[nH]cnc21. The molecule has 0 radical (unpaired) electrons. The highest BCUT2D eigenvalue weighted by atomic mass is 16.2. The van der Waals surface area contributed by atoms with Crippen molar-refractivity contribution in [3.8, 4) is 0 Å². The van der Waals surface area contributed by atoms with Crippen molar-refractivity contribution in [3.05, 3.63) is 27.2 Å². The van der Waals surface area contributed by atoms with E-state index in [2.05, 4.69) is 9.97 Å². The molecular formula is C9H13N5O2. The van der Waals surface area contributed by atoms with Gasteiger partial charge in [0.1, 0.15) is 5.52 Å². The highest BCUT2D eigenvalue weighted by molar-refractivity contribution is 5.68. The van der Waals surface area contributed by atoms with Gasteiger partial charge in [0.2, 0.25) is 0 Å². The predicted molar refractivity (Wildman–Crippen MR) is 59.3 cm³/mol. The molecular weight excluding hydrogens is 210 g/mol. The number of hydrogen-bond acceptors (Lipinski definition) is 4. The Morgan fingerprint density at radius 2 is 2.25 bits per heavy atom. The summed E-state index contributed by atoms with van der Waals surface area (Å²) in [5, 5.41) is 0. The minimum atomic E-state index is -0.363. The first-order valence-corrected chi connectivity index (χ1v) is 4.99. The number of rotatable bonds is 3. The number of nitrogens with one attached hydrogen (secondary N) is 1. The van der Waals surface area contributed by atoms with Crippen molar-refractivity contribution >= 4 is 11.2 Å². The number of aryl methyl sites for hydroxylation is 1. The Morgan fingerprint density at radius 1 is 1.50 bits per heavy atom. The van der Waals surface area contributed by atoms with Gasteiger partial charge in [-0.3, -0.25) is 13.9 Å². The summed E-state index contributed by atoms with van der Waals surface area (Å²) in [5.41, 5.74) is 5.38. The maximum absolute atomic E-state index is 11.9. The molecule has 86 valence electrons. The Labute approximate surface area is 90.5 Å². The molecule has 16 heavy (non-hydrogen) atoms. The summed E-state index contributed by atoms with van der Waals surface area (Å²) in [7, 11) is 1.59. The quantitative estimate of drug-likeness (QED) is 0.680. The summed E-state index contributed by atoms with van der Waals surface area (Å²) in [5.74, 6) is 0. The van der Waals surface area contributed by atoms with Gasteiger partial charge in [-0.1, -0.05) is 0 Å². The molecule has 0 spiro atoms. The molecule has 0 saturated heterocycles. The first-order valence-electron chi connectivity index (χ1n) is 4.99. The third-order valence-electron chi connectivity index (χ3n) is 2.50. The molecule has 0 aliphatic rings. The molecule has 7 heteroatoms. The lowest BCUT2D eigenvalue weighted by Gasteiger charge is -2.06. The molecule has 3 N–H and O–H groups in total. The van der Waals surface area contributed by atoms with Crippen molar-refractivity contribution in [2.45, 2.75) is 13.0 Å². The molecule has 2 rings (SSSR count). The number of aromatic amines is 1. The Hall–Kier alpha value is -1.89. The zero-order valence-electron chi connectivity index (χ0n) is 8.93. The summed E-state index contributed by atoms with van der Waals surface area (Å²) >= 11 is 0. The smallest absolute Gasteiger partial charge is 0.332 e. The maximum atomic E-state index is 11.9. The fraction of sp³-hybridized carbons (Fsp3) is 0.444. The summed E-state index contributed by atoms with van der Waals surface area (Å²) in [6, 6.07) is 0. The van der Waals surface area contributed by atoms with Gasteiger partial charge in [-0.05, 0) is 13.0 Å². The van der Waals surface area contributed by atoms with Crippen molar-refractivity contribution in [3.63, 3.8) is 0 Å². The molecule has 0 saturated carbocycles. The van der Waals surface area contributed by atoms with E-state index in [1.165, 1.54) is 15.5 Å². The molecule has 0 aliphatic heterocycles. The molecule has 0 bridgehead atoms. The molecule has 0 aromatic carbocycles. The molecule has 2 aromatic heterocycles. The average Bonchev–Trinajstić information content (AvgIpc) is 2.75. The normalized spacial score (nSPS) is 11.1. The van der Waals surface area contributed by atoms with Crippen LogP contribution in [-0.4, -0.2) is 25.6 Å². The van der Waals surface area contributed by atoms with Gasteiger partial charge in [-0.2, -0.15) is 0 Å². The summed E-state index contributed by atoms with van der Waals surface area (Å²) < 4.78 is 2.52. The minimum absolute atomic E-state index is 0.330. The van der Waals surface area contributed by atoms with Gasteiger partial charge >= 0.3 is 5.69 Å².